The number of rotatable bonds is 3. The van der Waals surface area contributed by atoms with Gasteiger partial charge in [-0.2, -0.15) is 10.4 Å². The molecule has 31 heavy (non-hydrogen) atoms. The molecule has 1 aromatic carbocycles. The Balaban J connectivity index is 1.58. The Morgan fingerprint density at radius 3 is 2.55 bits per heavy atom. The predicted molar refractivity (Wildman–Crippen MR) is 103 cm³/mol. The van der Waals surface area contributed by atoms with Crippen LogP contribution in [0.3, 0.4) is 0 Å². The molecular weight excluding hydrogens is 411 g/mol. The summed E-state index contributed by atoms with van der Waals surface area (Å²) >= 11 is 0. The fraction of sp³-hybridized carbons (Fsp3) is 0.429. The Kier molecular flexibility index (Phi) is 5.21. The summed E-state index contributed by atoms with van der Waals surface area (Å²) in [5.74, 6) is -5.25. The van der Waals surface area contributed by atoms with E-state index in [0.29, 0.717) is 17.9 Å². The van der Waals surface area contributed by atoms with Gasteiger partial charge in [0.2, 0.25) is 11.8 Å². The van der Waals surface area contributed by atoms with Gasteiger partial charge in [-0.1, -0.05) is 0 Å². The molecule has 4 rings (SSSR count). The first-order valence-corrected chi connectivity index (χ1v) is 9.90. The molecule has 162 valence electrons. The smallest absolute Gasteiger partial charge is 0.228 e. The van der Waals surface area contributed by atoms with Crippen molar-refractivity contribution in [2.45, 2.75) is 51.9 Å². The van der Waals surface area contributed by atoms with Crippen molar-refractivity contribution in [1.29, 1.82) is 5.26 Å². The molecule has 1 fully saturated rings. The van der Waals surface area contributed by atoms with Gasteiger partial charge in [-0.3, -0.25) is 14.3 Å². The lowest BCUT2D eigenvalue weighted by atomic mass is 10.0. The van der Waals surface area contributed by atoms with E-state index < -0.39 is 23.4 Å². The highest BCUT2D eigenvalue weighted by Crippen LogP contribution is 2.35. The Hall–Kier alpha value is -3.35. The lowest BCUT2D eigenvalue weighted by Crippen LogP contribution is -2.46. The van der Waals surface area contributed by atoms with E-state index in [2.05, 4.69) is 11.2 Å². The maximum Gasteiger partial charge on any atom is 0.228 e. The summed E-state index contributed by atoms with van der Waals surface area (Å²) in [5, 5.41) is 13.6. The lowest BCUT2D eigenvalue weighted by molar-refractivity contribution is -0.134. The minimum absolute atomic E-state index is 0.0353. The van der Waals surface area contributed by atoms with Crippen molar-refractivity contribution in [3.63, 3.8) is 0 Å². The van der Waals surface area contributed by atoms with E-state index in [1.165, 1.54) is 0 Å². The van der Waals surface area contributed by atoms with Gasteiger partial charge in [0.05, 0.1) is 55.1 Å². The van der Waals surface area contributed by atoms with Crippen LogP contribution in [0.15, 0.2) is 18.3 Å². The first kappa shape index (κ1) is 20.9. The summed E-state index contributed by atoms with van der Waals surface area (Å²) in [6.45, 7) is 4.15. The predicted octanol–water partition coefficient (Wildman–Crippen LogP) is 2.54. The third-order valence-corrected chi connectivity index (χ3v) is 6.01. The molecule has 2 unspecified atom stereocenters. The molecule has 2 amide bonds. The quantitative estimate of drug-likeness (QED) is 0.700. The Labute approximate surface area is 176 Å². The van der Waals surface area contributed by atoms with Crippen molar-refractivity contribution < 1.29 is 22.8 Å². The normalized spacial score (nSPS) is 23.1. The Morgan fingerprint density at radius 1 is 1.26 bits per heavy atom. The van der Waals surface area contributed by atoms with Crippen molar-refractivity contribution in [3.05, 3.63) is 47.0 Å². The number of fused-ring (bicyclic) bond motifs is 1. The number of halogens is 3. The largest absolute Gasteiger partial charge is 0.332 e. The molecule has 3 atom stereocenters. The number of nitrogens with zero attached hydrogens (tertiary/aromatic N) is 5. The summed E-state index contributed by atoms with van der Waals surface area (Å²) in [6, 6.07) is 3.21. The number of amides is 2. The van der Waals surface area contributed by atoms with Crippen molar-refractivity contribution in [1.82, 2.24) is 14.7 Å². The van der Waals surface area contributed by atoms with Crippen LogP contribution in [0.4, 0.5) is 18.9 Å². The fourth-order valence-corrected chi connectivity index (χ4v) is 4.28. The number of aromatic nitrogens is 2. The number of benzene rings is 1. The first-order valence-electron chi connectivity index (χ1n) is 9.90. The second-order valence-corrected chi connectivity index (χ2v) is 8.02. The molecule has 0 aliphatic carbocycles. The van der Waals surface area contributed by atoms with Gasteiger partial charge in [0.1, 0.15) is 0 Å². The maximum absolute atomic E-state index is 13.5. The van der Waals surface area contributed by atoms with Crippen molar-refractivity contribution >= 4 is 17.5 Å². The summed E-state index contributed by atoms with van der Waals surface area (Å²) in [6.07, 6.45) is 1.40. The van der Waals surface area contributed by atoms with Crippen LogP contribution in [0, 0.1) is 34.7 Å². The number of anilines is 1. The Morgan fingerprint density at radius 2 is 1.94 bits per heavy atom. The van der Waals surface area contributed by atoms with Crippen LogP contribution in [-0.4, -0.2) is 38.6 Å². The molecule has 0 saturated carbocycles. The number of hydrogen-bond donors (Lipinski definition) is 0. The van der Waals surface area contributed by atoms with Gasteiger partial charge in [0.25, 0.3) is 0 Å². The first-order chi connectivity index (χ1) is 14.7. The monoisotopic (exact) mass is 431 g/mol. The molecule has 0 spiro atoms. The van der Waals surface area contributed by atoms with E-state index in [1.807, 2.05) is 6.92 Å². The molecule has 2 aromatic rings. The summed E-state index contributed by atoms with van der Waals surface area (Å²) in [7, 11) is 0. The average Bonchev–Trinajstić information content (AvgIpc) is 3.24. The van der Waals surface area contributed by atoms with Crippen LogP contribution in [0.1, 0.15) is 31.5 Å². The van der Waals surface area contributed by atoms with E-state index in [-0.39, 0.29) is 48.8 Å². The van der Waals surface area contributed by atoms with Gasteiger partial charge in [-0.05, 0) is 31.5 Å². The molecule has 0 radical (unpaired) electrons. The molecule has 3 heterocycles. The molecule has 0 bridgehead atoms. The van der Waals surface area contributed by atoms with Crippen molar-refractivity contribution in [2.75, 3.05) is 4.90 Å². The highest BCUT2D eigenvalue weighted by atomic mass is 19.2. The van der Waals surface area contributed by atoms with E-state index >= 15 is 0 Å². The average molecular weight is 431 g/mol. The third-order valence-electron chi connectivity index (χ3n) is 6.01. The summed E-state index contributed by atoms with van der Waals surface area (Å²) in [5.41, 5.74) is 1.24. The van der Waals surface area contributed by atoms with Crippen molar-refractivity contribution in [3.8, 4) is 6.07 Å². The van der Waals surface area contributed by atoms with Crippen LogP contribution in [-0.2, 0) is 29.1 Å². The van der Waals surface area contributed by atoms with Gasteiger partial charge in [0, 0.05) is 12.5 Å². The second-order valence-electron chi connectivity index (χ2n) is 8.02. The zero-order chi connectivity index (χ0) is 22.4. The van der Waals surface area contributed by atoms with Gasteiger partial charge in [-0.15, -0.1) is 0 Å². The van der Waals surface area contributed by atoms with Gasteiger partial charge >= 0.3 is 0 Å². The second kappa shape index (κ2) is 7.72. The number of carbonyl (C=O) groups is 2. The number of carbonyl (C=O) groups excluding carboxylic acids is 2. The van der Waals surface area contributed by atoms with Crippen LogP contribution in [0.25, 0.3) is 0 Å². The number of hydrogen-bond acceptors (Lipinski definition) is 4. The van der Waals surface area contributed by atoms with Crippen molar-refractivity contribution in [2.24, 2.45) is 5.92 Å². The van der Waals surface area contributed by atoms with E-state index in [4.69, 9.17) is 0 Å². The topological polar surface area (TPSA) is 82.2 Å². The fourth-order valence-electron chi connectivity index (χ4n) is 4.28. The SMILES string of the molecule is CC1C(C#N)CC(=O)N1c1cnn2c1CN(C(=O)Cc1cc(F)c(F)c(F)c1)[C@@H](C)C2. The zero-order valence-electron chi connectivity index (χ0n) is 17.0. The molecule has 1 aromatic heterocycles. The van der Waals surface area contributed by atoms with E-state index in [0.717, 1.165) is 12.1 Å². The van der Waals surface area contributed by atoms with E-state index in [1.54, 1.807) is 27.6 Å². The van der Waals surface area contributed by atoms with Crippen LogP contribution >= 0.6 is 0 Å². The van der Waals surface area contributed by atoms with Gasteiger partial charge in [-0.25, -0.2) is 13.2 Å². The highest BCUT2D eigenvalue weighted by molar-refractivity contribution is 5.97. The minimum atomic E-state index is -1.57. The number of nitriles is 1. The highest BCUT2D eigenvalue weighted by Gasteiger charge is 2.41. The van der Waals surface area contributed by atoms with Crippen LogP contribution in [0.5, 0.6) is 0 Å². The molecule has 7 nitrogen and oxygen atoms in total. The molecule has 10 heteroatoms. The standard InChI is InChI=1S/C21H20F3N5O2/c1-11-9-28-18(17(8-26-28)29-12(2)14(7-25)6-20(29)31)10-27(11)19(30)5-13-3-15(22)21(24)16(23)4-13/h3-4,8,11-12,14H,5-6,9-10H2,1-2H3/t11-,12?,14?/m0/s1. The zero-order valence-corrected chi connectivity index (χ0v) is 17.0. The van der Waals surface area contributed by atoms with Gasteiger partial charge in [0.15, 0.2) is 17.5 Å². The van der Waals surface area contributed by atoms with Crippen LogP contribution in [0.2, 0.25) is 0 Å². The third kappa shape index (κ3) is 3.54. The van der Waals surface area contributed by atoms with Crippen LogP contribution < -0.4 is 4.90 Å². The van der Waals surface area contributed by atoms with Gasteiger partial charge < -0.3 is 9.80 Å². The molecule has 2 aliphatic rings. The molecular formula is C21H20F3N5O2. The Bertz CT molecular complexity index is 1090. The maximum atomic E-state index is 13.5. The minimum Gasteiger partial charge on any atom is -0.332 e. The molecule has 1 saturated heterocycles. The molecule has 0 N–H and O–H groups in total. The summed E-state index contributed by atoms with van der Waals surface area (Å²) < 4.78 is 41.9. The van der Waals surface area contributed by atoms with E-state index in [9.17, 15) is 28.0 Å². The summed E-state index contributed by atoms with van der Waals surface area (Å²) in [4.78, 5) is 28.5. The molecule has 2 aliphatic heterocycles. The lowest BCUT2D eigenvalue weighted by Gasteiger charge is -2.35.